The van der Waals surface area contributed by atoms with E-state index < -0.39 is 85.0 Å². The van der Waals surface area contributed by atoms with Crippen molar-refractivity contribution in [3.8, 4) is 0 Å². The number of esters is 6. The Morgan fingerprint density at radius 3 is 0.893 bits per heavy atom. The van der Waals surface area contributed by atoms with Crippen molar-refractivity contribution in [3.63, 3.8) is 0 Å². The van der Waals surface area contributed by atoms with Crippen molar-refractivity contribution in [1.29, 1.82) is 0 Å². The van der Waals surface area contributed by atoms with Crippen LogP contribution in [0.15, 0.2) is 146 Å². The molecular weight excluding hydrogens is 965 g/mol. The van der Waals surface area contributed by atoms with E-state index in [1.807, 2.05) is 41.5 Å². The summed E-state index contributed by atoms with van der Waals surface area (Å²) >= 11 is 0. The van der Waals surface area contributed by atoms with Crippen molar-refractivity contribution in [3.05, 3.63) is 212 Å². The highest BCUT2D eigenvalue weighted by Crippen LogP contribution is 2.31. The van der Waals surface area contributed by atoms with E-state index >= 15 is 0 Å². The van der Waals surface area contributed by atoms with Gasteiger partial charge in [0.05, 0.1) is 33.4 Å². The molecule has 6 aromatic rings. The number of hydrogen-bond acceptors (Lipinski definition) is 16. The Kier molecular flexibility index (Phi) is 18.5. The van der Waals surface area contributed by atoms with Crippen molar-refractivity contribution < 1.29 is 76.5 Å². The summed E-state index contributed by atoms with van der Waals surface area (Å²) in [7, 11) is 1.39. The van der Waals surface area contributed by atoms with E-state index in [4.69, 9.17) is 42.6 Å². The number of ether oxygens (including phenoxy) is 9. The zero-order valence-corrected chi connectivity index (χ0v) is 42.5. The van der Waals surface area contributed by atoms with Crippen molar-refractivity contribution in [1.82, 2.24) is 0 Å². The molecule has 0 amide bonds. The third-order valence-electron chi connectivity index (χ3n) is 12.2. The van der Waals surface area contributed by atoms with Crippen LogP contribution in [-0.2, 0) is 42.6 Å². The van der Waals surface area contributed by atoms with Crippen LogP contribution in [0, 0.1) is 41.5 Å². The zero-order valence-electron chi connectivity index (χ0n) is 42.5. The predicted octanol–water partition coefficient (Wildman–Crippen LogP) is 8.53. The van der Waals surface area contributed by atoms with Gasteiger partial charge in [-0.2, -0.15) is 0 Å². The molecule has 0 bridgehead atoms. The number of methoxy groups -OCH3 is 1. The molecule has 0 aliphatic carbocycles. The van der Waals surface area contributed by atoms with Gasteiger partial charge in [-0.05, 0) is 114 Å². The quantitative estimate of drug-likeness (QED) is 0.0756. The molecule has 6 aromatic carbocycles. The summed E-state index contributed by atoms with van der Waals surface area (Å²) < 4.78 is 50.4. The topological polar surface area (TPSA) is 206 Å². The number of carbonyl (C=O) groups is 6. The molecule has 2 unspecified atom stereocenters. The van der Waals surface area contributed by atoms with Gasteiger partial charge in [0.1, 0.15) is 25.4 Å². The number of hydrogen-bond donors (Lipinski definition) is 1. The van der Waals surface area contributed by atoms with Gasteiger partial charge in [-0.3, -0.25) is 0 Å². The van der Waals surface area contributed by atoms with Gasteiger partial charge in [0.2, 0.25) is 0 Å². The first-order valence-corrected chi connectivity index (χ1v) is 24.1. The zero-order chi connectivity index (χ0) is 53.8. The monoisotopic (exact) mass is 1020 g/mol. The van der Waals surface area contributed by atoms with Crippen LogP contribution in [0.25, 0.3) is 0 Å². The Morgan fingerprint density at radius 2 is 0.600 bits per heavy atom. The maximum absolute atomic E-state index is 13.0. The molecule has 2 aliphatic heterocycles. The van der Waals surface area contributed by atoms with Crippen LogP contribution in [0.3, 0.4) is 0 Å². The summed E-state index contributed by atoms with van der Waals surface area (Å²) in [6.07, 6.45) is -9.46. The van der Waals surface area contributed by atoms with Crippen LogP contribution < -0.4 is 0 Å². The molecule has 0 spiro atoms. The maximum atomic E-state index is 13.0. The van der Waals surface area contributed by atoms with Crippen LogP contribution in [0.2, 0.25) is 0 Å². The molecule has 1 N–H and O–H groups in total. The van der Waals surface area contributed by atoms with Gasteiger partial charge in [0, 0.05) is 7.11 Å². The highest BCUT2D eigenvalue weighted by molar-refractivity contribution is 5.92. The van der Waals surface area contributed by atoms with E-state index in [-0.39, 0.29) is 24.3 Å². The van der Waals surface area contributed by atoms with E-state index in [1.54, 1.807) is 146 Å². The Morgan fingerprint density at radius 1 is 0.360 bits per heavy atom. The van der Waals surface area contributed by atoms with Crippen molar-refractivity contribution in [2.45, 2.75) is 90.7 Å². The minimum absolute atomic E-state index is 0.253. The molecule has 8 rings (SSSR count). The molecule has 16 heteroatoms. The third-order valence-corrected chi connectivity index (χ3v) is 12.2. The fourth-order valence-electron chi connectivity index (χ4n) is 7.78. The summed E-state index contributed by atoms with van der Waals surface area (Å²) in [5.74, 6) is -3.86. The molecule has 2 heterocycles. The van der Waals surface area contributed by atoms with Gasteiger partial charge in [0.25, 0.3) is 0 Å². The van der Waals surface area contributed by atoms with E-state index in [0.29, 0.717) is 22.3 Å². The number of rotatable bonds is 15. The lowest BCUT2D eigenvalue weighted by Crippen LogP contribution is -2.42. The molecule has 2 aliphatic rings. The molecule has 75 heavy (non-hydrogen) atoms. The van der Waals surface area contributed by atoms with Gasteiger partial charge < -0.3 is 47.7 Å². The fraction of sp³-hybridized carbons (Fsp3) is 0.288. The normalized spacial score (nSPS) is 20.6. The Labute approximate surface area is 434 Å². The Balaban J connectivity index is 0.000000219. The lowest BCUT2D eigenvalue weighted by molar-refractivity contribution is -0.155. The molecule has 0 radical (unpaired) electrons. The summed E-state index contributed by atoms with van der Waals surface area (Å²) in [6, 6.07) is 40.8. The minimum atomic E-state index is -1.60. The second-order valence-electron chi connectivity index (χ2n) is 18.2. The van der Waals surface area contributed by atoms with Crippen LogP contribution in [0.1, 0.15) is 95.5 Å². The Bertz CT molecular complexity index is 2920. The third kappa shape index (κ3) is 14.6. The largest absolute Gasteiger partial charge is 0.459 e. The summed E-state index contributed by atoms with van der Waals surface area (Å²) in [4.78, 5) is 76.7. The van der Waals surface area contributed by atoms with Crippen LogP contribution in [-0.4, -0.2) is 110 Å². The van der Waals surface area contributed by atoms with E-state index in [2.05, 4.69) is 0 Å². The highest BCUT2D eigenvalue weighted by Gasteiger charge is 2.52. The van der Waals surface area contributed by atoms with Crippen LogP contribution in [0.5, 0.6) is 0 Å². The molecule has 16 nitrogen and oxygen atoms in total. The number of aryl methyl sites for hydroxylation is 6. The van der Waals surface area contributed by atoms with E-state index in [1.165, 1.54) is 7.11 Å². The number of carbonyl (C=O) groups excluding carboxylic acids is 6. The van der Waals surface area contributed by atoms with Gasteiger partial charge in [-0.1, -0.05) is 106 Å². The first-order valence-electron chi connectivity index (χ1n) is 24.1. The number of aliphatic hydroxyl groups excluding tert-OH is 1. The molecule has 0 aromatic heterocycles. The lowest BCUT2D eigenvalue weighted by Gasteiger charge is -2.24. The number of benzene rings is 6. The SMILES string of the molecule is COC1O[C@@H](COC(=O)c2ccc(C)cc2)[C@H](OC(=O)c2ccc(C)cc2)[C@@H]1OC(=O)c1ccc(C)cc1.Cc1ccc(C(=O)OC[C@@H]2OC(O)[C@@H](OC(=O)c3ccc(C)cc3)[C@H]2OC(=O)c2ccc(C)cc2)cc1. The molecular formula is C59H58O16. The second kappa shape index (κ2) is 25.3. The van der Waals surface area contributed by atoms with Crippen molar-refractivity contribution >= 4 is 35.8 Å². The molecule has 8 atom stereocenters. The lowest BCUT2D eigenvalue weighted by atomic mass is 10.1. The van der Waals surface area contributed by atoms with Gasteiger partial charge >= 0.3 is 35.8 Å². The standard InChI is InChI=1S/C30H30O8.C29H28O8/c1-18-5-11-21(12-6-18)27(31)35-17-24-25(37-28(32)22-13-7-19(2)8-14-22)26(30(34-4)36-24)38-29(33)23-15-9-20(3)10-16-23;1-17-4-10-20(11-5-17)26(30)34-16-23-24(36-27(31)21-12-6-18(2)7-13-21)25(29(33)35-23)37-28(32)22-14-8-19(3)9-15-22/h5-16,24-26,30H,17H2,1-4H3;4-15,23-25,29,33H,16H2,1-3H3/t24-,25-,26-,30?;23-,24-,25-,29?/m00/s1. The van der Waals surface area contributed by atoms with Crippen molar-refractivity contribution in [2.24, 2.45) is 0 Å². The average molecular weight is 1020 g/mol. The average Bonchev–Trinajstić information content (AvgIpc) is 3.88. The summed E-state index contributed by atoms with van der Waals surface area (Å²) in [6.45, 7) is 10.8. The molecule has 390 valence electrons. The van der Waals surface area contributed by atoms with E-state index in [9.17, 15) is 33.9 Å². The van der Waals surface area contributed by atoms with Crippen LogP contribution in [0.4, 0.5) is 0 Å². The first-order chi connectivity index (χ1) is 36.0. The van der Waals surface area contributed by atoms with Gasteiger partial charge in [0.15, 0.2) is 37.0 Å². The van der Waals surface area contributed by atoms with Crippen LogP contribution >= 0.6 is 0 Å². The summed E-state index contributed by atoms with van der Waals surface area (Å²) in [5.41, 5.74) is 7.75. The van der Waals surface area contributed by atoms with Gasteiger partial charge in [-0.25, -0.2) is 28.8 Å². The maximum Gasteiger partial charge on any atom is 0.338 e. The highest BCUT2D eigenvalue weighted by atomic mass is 16.7. The number of aliphatic hydroxyl groups is 1. The second-order valence-corrected chi connectivity index (χ2v) is 18.2. The smallest absolute Gasteiger partial charge is 0.338 e. The fourth-order valence-corrected chi connectivity index (χ4v) is 7.78. The van der Waals surface area contributed by atoms with E-state index in [0.717, 1.165) is 33.4 Å². The first kappa shape index (κ1) is 54.7. The predicted molar refractivity (Wildman–Crippen MR) is 271 cm³/mol. The molecule has 0 saturated carbocycles. The Hall–Kier alpha value is -8.02. The molecule has 2 fully saturated rings. The van der Waals surface area contributed by atoms with Crippen molar-refractivity contribution in [2.75, 3.05) is 20.3 Å². The molecule has 2 saturated heterocycles. The minimum Gasteiger partial charge on any atom is -0.459 e. The summed E-state index contributed by atoms with van der Waals surface area (Å²) in [5, 5.41) is 10.6. The van der Waals surface area contributed by atoms with Gasteiger partial charge in [-0.15, -0.1) is 0 Å².